The van der Waals surface area contributed by atoms with Gasteiger partial charge in [-0.15, -0.1) is 0 Å². The van der Waals surface area contributed by atoms with Crippen molar-refractivity contribution in [3.8, 4) is 0 Å². The minimum atomic E-state index is -0.407. The van der Waals surface area contributed by atoms with E-state index in [1.807, 2.05) is 11.5 Å². The number of alkyl carbamates (subject to hydrolysis) is 1. The molecule has 1 aliphatic rings. The van der Waals surface area contributed by atoms with E-state index in [2.05, 4.69) is 10.3 Å². The van der Waals surface area contributed by atoms with Gasteiger partial charge in [0.15, 0.2) is 11.3 Å². The Kier molecular flexibility index (Phi) is 2.33. The van der Waals surface area contributed by atoms with Crippen LogP contribution in [0, 0.1) is 0 Å². The molecule has 0 aliphatic carbocycles. The molecule has 0 saturated carbocycles. The summed E-state index contributed by atoms with van der Waals surface area (Å²) in [6.45, 7) is 3.18. The number of hydrogen-bond donors (Lipinski definition) is 1. The fourth-order valence-electron chi connectivity index (χ4n) is 1.48. The first kappa shape index (κ1) is 9.33. The maximum atomic E-state index is 10.9. The molecule has 5 nitrogen and oxygen atoms in total. The van der Waals surface area contributed by atoms with Crippen LogP contribution in [0.2, 0.25) is 5.15 Å². The SMILES string of the molecule is CCn1cnc(Cl)c1C1CNC(=O)O1. The second-order valence-corrected chi connectivity index (χ2v) is 3.34. The van der Waals surface area contributed by atoms with E-state index in [4.69, 9.17) is 16.3 Å². The van der Waals surface area contributed by atoms with Crippen LogP contribution >= 0.6 is 11.6 Å². The predicted octanol–water partition coefficient (Wildman–Crippen LogP) is 1.34. The van der Waals surface area contributed by atoms with Crippen LogP contribution in [0.25, 0.3) is 0 Å². The summed E-state index contributed by atoms with van der Waals surface area (Å²) in [6.07, 6.45) is 0.913. The Hall–Kier alpha value is -1.23. The Morgan fingerprint density at radius 3 is 3.21 bits per heavy atom. The lowest BCUT2D eigenvalue weighted by Gasteiger charge is -2.10. The average molecular weight is 216 g/mol. The lowest BCUT2D eigenvalue weighted by molar-refractivity contribution is 0.137. The zero-order valence-electron chi connectivity index (χ0n) is 7.66. The quantitative estimate of drug-likeness (QED) is 0.810. The van der Waals surface area contributed by atoms with Crippen molar-refractivity contribution in [2.45, 2.75) is 19.6 Å². The number of imidazole rings is 1. The molecule has 76 valence electrons. The molecule has 0 aromatic carbocycles. The molecule has 14 heavy (non-hydrogen) atoms. The number of nitrogens with zero attached hydrogens (tertiary/aromatic N) is 2. The van der Waals surface area contributed by atoms with E-state index in [1.54, 1.807) is 6.33 Å². The second-order valence-electron chi connectivity index (χ2n) is 2.98. The van der Waals surface area contributed by atoms with Gasteiger partial charge < -0.3 is 14.6 Å². The largest absolute Gasteiger partial charge is 0.438 e. The standard InChI is InChI=1S/C8H10ClN3O2/c1-2-12-4-11-7(9)6(12)5-3-10-8(13)14-5/h4-5H,2-3H2,1H3,(H,10,13). The first-order valence-corrected chi connectivity index (χ1v) is 4.75. The maximum absolute atomic E-state index is 10.9. The van der Waals surface area contributed by atoms with E-state index < -0.39 is 6.09 Å². The zero-order chi connectivity index (χ0) is 10.1. The topological polar surface area (TPSA) is 56.2 Å². The molecular formula is C8H10ClN3O2. The molecule has 2 heterocycles. The van der Waals surface area contributed by atoms with Crippen molar-refractivity contribution in [2.24, 2.45) is 0 Å². The summed E-state index contributed by atoms with van der Waals surface area (Å²) in [6, 6.07) is 0. The fourth-order valence-corrected chi connectivity index (χ4v) is 1.75. The van der Waals surface area contributed by atoms with Gasteiger partial charge in [0.1, 0.15) is 0 Å². The van der Waals surface area contributed by atoms with Crippen LogP contribution in [-0.4, -0.2) is 22.2 Å². The Balaban J connectivity index is 2.30. The monoisotopic (exact) mass is 215 g/mol. The average Bonchev–Trinajstić information content (AvgIpc) is 2.71. The number of aromatic nitrogens is 2. The van der Waals surface area contributed by atoms with Gasteiger partial charge in [0.05, 0.1) is 18.6 Å². The van der Waals surface area contributed by atoms with Crippen molar-refractivity contribution in [2.75, 3.05) is 6.54 Å². The van der Waals surface area contributed by atoms with Gasteiger partial charge in [0.2, 0.25) is 0 Å². The second kappa shape index (κ2) is 3.49. The van der Waals surface area contributed by atoms with Crippen LogP contribution < -0.4 is 5.32 Å². The minimum absolute atomic E-state index is 0.322. The molecule has 0 bridgehead atoms. The van der Waals surface area contributed by atoms with Gasteiger partial charge in [0, 0.05) is 6.54 Å². The van der Waals surface area contributed by atoms with Crippen molar-refractivity contribution in [1.29, 1.82) is 0 Å². The molecule has 1 aromatic heterocycles. The highest BCUT2D eigenvalue weighted by atomic mass is 35.5. The lowest BCUT2D eigenvalue weighted by atomic mass is 10.3. The number of rotatable bonds is 2. The fraction of sp³-hybridized carbons (Fsp3) is 0.500. The highest BCUT2D eigenvalue weighted by molar-refractivity contribution is 6.30. The van der Waals surface area contributed by atoms with Crippen LogP contribution in [0.5, 0.6) is 0 Å². The number of carbonyl (C=O) groups is 1. The Bertz CT molecular complexity index is 363. The van der Waals surface area contributed by atoms with Crippen LogP contribution in [-0.2, 0) is 11.3 Å². The lowest BCUT2D eigenvalue weighted by Crippen LogP contribution is -2.13. The Labute approximate surface area is 86.0 Å². The van der Waals surface area contributed by atoms with Crippen molar-refractivity contribution in [3.05, 3.63) is 17.2 Å². The molecule has 1 N–H and O–H groups in total. The third-order valence-corrected chi connectivity index (χ3v) is 2.45. The van der Waals surface area contributed by atoms with E-state index in [1.165, 1.54) is 0 Å². The molecule has 1 aliphatic heterocycles. The molecule has 1 atom stereocenters. The highest BCUT2D eigenvalue weighted by Crippen LogP contribution is 2.26. The molecule has 1 fully saturated rings. The van der Waals surface area contributed by atoms with Crippen LogP contribution in [0.4, 0.5) is 4.79 Å². The van der Waals surface area contributed by atoms with Crippen molar-refractivity contribution in [1.82, 2.24) is 14.9 Å². The molecular weight excluding hydrogens is 206 g/mol. The smallest absolute Gasteiger partial charge is 0.408 e. The highest BCUT2D eigenvalue weighted by Gasteiger charge is 2.29. The number of aryl methyl sites for hydroxylation is 1. The van der Waals surface area contributed by atoms with Gasteiger partial charge in [-0.3, -0.25) is 0 Å². The number of cyclic esters (lactones) is 1. The van der Waals surface area contributed by atoms with E-state index in [0.29, 0.717) is 11.7 Å². The van der Waals surface area contributed by atoms with Gasteiger partial charge >= 0.3 is 6.09 Å². The summed E-state index contributed by atoms with van der Waals surface area (Å²) in [7, 11) is 0. The molecule has 1 saturated heterocycles. The summed E-state index contributed by atoms with van der Waals surface area (Å²) in [5.41, 5.74) is 0.757. The van der Waals surface area contributed by atoms with Gasteiger partial charge in [-0.05, 0) is 6.92 Å². The van der Waals surface area contributed by atoms with Crippen LogP contribution in [0.15, 0.2) is 6.33 Å². The number of carbonyl (C=O) groups excluding carboxylic acids is 1. The first-order valence-electron chi connectivity index (χ1n) is 4.37. The zero-order valence-corrected chi connectivity index (χ0v) is 8.41. The van der Waals surface area contributed by atoms with Crippen LogP contribution in [0.3, 0.4) is 0 Å². The predicted molar refractivity (Wildman–Crippen MR) is 50.1 cm³/mol. The first-order chi connectivity index (χ1) is 6.72. The number of ether oxygens (including phenoxy) is 1. The number of hydrogen-bond acceptors (Lipinski definition) is 3. The minimum Gasteiger partial charge on any atom is -0.438 e. The van der Waals surface area contributed by atoms with Crippen LogP contribution in [0.1, 0.15) is 18.7 Å². The van der Waals surface area contributed by atoms with Crippen molar-refractivity contribution < 1.29 is 9.53 Å². The van der Waals surface area contributed by atoms with E-state index >= 15 is 0 Å². The summed E-state index contributed by atoms with van der Waals surface area (Å²) < 4.78 is 6.90. The number of amides is 1. The Morgan fingerprint density at radius 1 is 1.86 bits per heavy atom. The van der Waals surface area contributed by atoms with Crippen molar-refractivity contribution >= 4 is 17.7 Å². The third-order valence-electron chi connectivity index (χ3n) is 2.16. The van der Waals surface area contributed by atoms with Crippen molar-refractivity contribution in [3.63, 3.8) is 0 Å². The van der Waals surface area contributed by atoms with E-state index in [0.717, 1.165) is 12.2 Å². The van der Waals surface area contributed by atoms with E-state index in [-0.39, 0.29) is 6.10 Å². The Morgan fingerprint density at radius 2 is 2.64 bits per heavy atom. The molecule has 1 amide bonds. The normalized spacial score (nSPS) is 20.7. The maximum Gasteiger partial charge on any atom is 0.408 e. The molecule has 0 spiro atoms. The molecule has 1 unspecified atom stereocenters. The van der Waals surface area contributed by atoms with Gasteiger partial charge in [-0.25, -0.2) is 9.78 Å². The molecule has 2 rings (SSSR count). The molecule has 0 radical (unpaired) electrons. The number of nitrogens with one attached hydrogen (secondary N) is 1. The summed E-state index contributed by atoms with van der Waals surface area (Å²) >= 11 is 5.90. The number of halogens is 1. The third kappa shape index (κ3) is 1.43. The van der Waals surface area contributed by atoms with Gasteiger partial charge in [-0.1, -0.05) is 11.6 Å². The van der Waals surface area contributed by atoms with E-state index in [9.17, 15) is 4.79 Å². The van der Waals surface area contributed by atoms with Gasteiger partial charge in [-0.2, -0.15) is 0 Å². The van der Waals surface area contributed by atoms with Gasteiger partial charge in [0.25, 0.3) is 0 Å². The molecule has 1 aromatic rings. The summed E-state index contributed by atoms with van der Waals surface area (Å²) in [4.78, 5) is 14.8. The molecule has 6 heteroatoms. The summed E-state index contributed by atoms with van der Waals surface area (Å²) in [5.74, 6) is 0. The summed E-state index contributed by atoms with van der Waals surface area (Å²) in [5, 5.41) is 2.97.